The van der Waals surface area contributed by atoms with E-state index in [-0.39, 0.29) is 21.5 Å². The second kappa shape index (κ2) is 9.37. The van der Waals surface area contributed by atoms with E-state index < -0.39 is 88.6 Å². The number of hydrogen-bond donors (Lipinski definition) is 2. The van der Waals surface area contributed by atoms with E-state index in [2.05, 4.69) is 20.3 Å². The summed E-state index contributed by atoms with van der Waals surface area (Å²) in [6.07, 6.45) is -8.72. The lowest BCUT2D eigenvalue weighted by atomic mass is 9.61. The van der Waals surface area contributed by atoms with Gasteiger partial charge >= 0.3 is 5.97 Å². The molecule has 0 radical (unpaired) electrons. The predicted octanol–water partition coefficient (Wildman–Crippen LogP) is 4.62. The van der Waals surface area contributed by atoms with Crippen molar-refractivity contribution < 1.29 is 38.1 Å². The average molecular weight is 562 g/mol. The first kappa shape index (κ1) is 17.6. The number of aromatic nitrogens is 4. The summed E-state index contributed by atoms with van der Waals surface area (Å²) >= 11 is 0. The fraction of sp³-hybridized carbons (Fsp3) is 0.333. The number of carboxylic acids is 1. The summed E-state index contributed by atoms with van der Waals surface area (Å²) in [6.45, 7) is 1.75. The summed E-state index contributed by atoms with van der Waals surface area (Å²) in [7, 11) is -4.34. The van der Waals surface area contributed by atoms with Crippen LogP contribution >= 0.6 is 0 Å². The second-order valence-electron chi connectivity index (χ2n) is 9.00. The van der Waals surface area contributed by atoms with Gasteiger partial charge in [-0.05, 0) is 62.5 Å². The Labute approximate surface area is 234 Å². The molecule has 1 aromatic carbocycles. The van der Waals surface area contributed by atoms with Crippen LogP contribution < -0.4 is 5.32 Å². The molecule has 2 bridgehead atoms. The Bertz CT molecular complexity index is 2070. The summed E-state index contributed by atoms with van der Waals surface area (Å²) in [5.41, 5.74) is 0.373. The van der Waals surface area contributed by atoms with Crippen molar-refractivity contribution in [3.8, 4) is 11.4 Å². The summed E-state index contributed by atoms with van der Waals surface area (Å²) in [5, 5.41) is 12.3. The van der Waals surface area contributed by atoms with Crippen molar-refractivity contribution in [3.05, 3.63) is 66.1 Å². The highest BCUT2D eigenvalue weighted by Gasteiger charge is 2.47. The van der Waals surface area contributed by atoms with E-state index in [1.165, 1.54) is 12.1 Å². The zero-order chi connectivity index (χ0) is 34.6. The Hall–Kier alpha value is -3.93. The number of anilines is 1. The minimum atomic E-state index is -4.34. The number of nitrogens with zero attached hydrogens (tertiary/aromatic N) is 4. The highest BCUT2D eigenvalue weighted by Crippen LogP contribution is 2.46. The van der Waals surface area contributed by atoms with Crippen LogP contribution in [0.15, 0.2) is 53.8 Å². The lowest BCUT2D eigenvalue weighted by molar-refractivity contribution is -0.148. The van der Waals surface area contributed by atoms with Crippen molar-refractivity contribution in [2.24, 2.45) is 17.7 Å². The first-order chi connectivity index (χ1) is 21.7. The Morgan fingerprint density at radius 3 is 2.62 bits per heavy atom. The van der Waals surface area contributed by atoms with Crippen LogP contribution in [0, 0.1) is 36.3 Å². The number of halogens is 2. The lowest BCUT2D eigenvalue weighted by Crippen LogP contribution is -2.51. The Morgan fingerprint density at radius 2 is 1.87 bits per heavy atom. The molecule has 0 saturated heterocycles. The smallest absolute Gasteiger partial charge is 0.308 e. The van der Waals surface area contributed by atoms with Crippen molar-refractivity contribution >= 4 is 32.8 Å². The molecular formula is C27H25F2N5O4S. The zero-order valence-corrected chi connectivity index (χ0v) is 20.9. The molecule has 3 saturated carbocycles. The normalized spacial score (nSPS) is 35.9. The number of rotatable bonds is 6. The van der Waals surface area contributed by atoms with Gasteiger partial charge in [0, 0.05) is 34.2 Å². The van der Waals surface area contributed by atoms with Crippen molar-refractivity contribution in [2.75, 3.05) is 5.32 Å². The number of benzene rings is 1. The summed E-state index contributed by atoms with van der Waals surface area (Å²) in [5.74, 6) is -13.8. The van der Waals surface area contributed by atoms with E-state index >= 15 is 4.39 Å². The van der Waals surface area contributed by atoms with Gasteiger partial charge < -0.3 is 10.4 Å². The third-order valence-corrected chi connectivity index (χ3v) is 8.16. The van der Waals surface area contributed by atoms with Gasteiger partial charge in [-0.2, -0.15) is 0 Å². The third kappa shape index (κ3) is 4.32. The molecule has 0 aliphatic heterocycles. The van der Waals surface area contributed by atoms with E-state index in [0.29, 0.717) is 6.20 Å². The summed E-state index contributed by atoms with van der Waals surface area (Å²) in [6, 6.07) is 4.61. The van der Waals surface area contributed by atoms with Gasteiger partial charge in [0.25, 0.3) is 10.0 Å². The van der Waals surface area contributed by atoms with Gasteiger partial charge in [-0.15, -0.1) is 0 Å². The van der Waals surface area contributed by atoms with Gasteiger partial charge in [-0.1, -0.05) is 17.7 Å². The highest BCUT2D eigenvalue weighted by atomic mass is 32.2. The molecule has 6 atom stereocenters. The van der Waals surface area contributed by atoms with Gasteiger partial charge in [-0.25, -0.2) is 36.1 Å². The number of fused-ring (bicyclic) bond motifs is 4. The van der Waals surface area contributed by atoms with Crippen LogP contribution in [0.25, 0.3) is 22.4 Å². The average Bonchev–Trinajstić information content (AvgIpc) is 3.38. The maximum atomic E-state index is 15.3. The largest absolute Gasteiger partial charge is 0.481 e. The van der Waals surface area contributed by atoms with Crippen molar-refractivity contribution in [2.45, 2.75) is 43.4 Å². The van der Waals surface area contributed by atoms with Crippen LogP contribution in [-0.4, -0.2) is 44.5 Å². The van der Waals surface area contributed by atoms with E-state index in [9.17, 15) is 22.7 Å². The van der Waals surface area contributed by atoms with E-state index in [1.807, 2.05) is 0 Å². The maximum Gasteiger partial charge on any atom is 0.308 e. The van der Waals surface area contributed by atoms with E-state index in [1.54, 1.807) is 19.1 Å². The molecule has 3 aliphatic rings. The molecule has 7 rings (SSSR count). The molecule has 4 aromatic rings. The maximum absolute atomic E-state index is 15.3. The number of carbonyl (C=O) groups is 1. The highest BCUT2D eigenvalue weighted by molar-refractivity contribution is 7.90. The minimum absolute atomic E-state index is 0.117. The molecule has 39 heavy (non-hydrogen) atoms. The molecule has 3 aliphatic carbocycles. The molecule has 3 fully saturated rings. The standard InChI is InChI=1S/C27H25F2N5O4S/c1-14-2-8-18(9-3-14)39(37,38)34-13-20(19-10-17(28)11-31-26(19)34)24-30-12-21(29)25(33-24)32-23-16-6-4-15(5-7-16)22(23)27(35)36/h2-3,8-13,15-16,22-23H,4-7H2,1H3,(H,35,36)(H,30,32,33)/t15?,16-,22-,23-/m0/s1/i4D,5D2,6D,7D2,15D,16D/t4?,6?,15?,16-,22-,23-. The number of nitrogens with one attached hydrogen (secondary N) is 1. The van der Waals surface area contributed by atoms with Crippen LogP contribution in [0.3, 0.4) is 0 Å². The number of aryl methyl sites for hydroxylation is 1. The Balaban J connectivity index is 1.51. The van der Waals surface area contributed by atoms with Gasteiger partial charge in [0.2, 0.25) is 0 Å². The zero-order valence-electron chi connectivity index (χ0n) is 28.1. The third-order valence-electron chi connectivity index (χ3n) is 6.50. The van der Waals surface area contributed by atoms with Crippen LogP contribution in [0.5, 0.6) is 0 Å². The van der Waals surface area contributed by atoms with Gasteiger partial charge in [0.1, 0.15) is 5.82 Å². The molecule has 202 valence electrons. The van der Waals surface area contributed by atoms with Gasteiger partial charge in [0.05, 0.1) is 23.2 Å². The first-order valence-electron chi connectivity index (χ1n) is 15.7. The van der Waals surface area contributed by atoms with Crippen LogP contribution in [0.2, 0.25) is 0 Å². The fourth-order valence-electron chi connectivity index (χ4n) is 4.55. The summed E-state index contributed by atoms with van der Waals surface area (Å²) < 4.78 is 126. The lowest BCUT2D eigenvalue weighted by Gasteiger charge is -2.47. The monoisotopic (exact) mass is 561 g/mol. The second-order valence-corrected chi connectivity index (χ2v) is 10.8. The topological polar surface area (TPSA) is 127 Å². The van der Waals surface area contributed by atoms with Gasteiger partial charge in [-0.3, -0.25) is 4.79 Å². The number of hydrogen-bond acceptors (Lipinski definition) is 7. The minimum Gasteiger partial charge on any atom is -0.481 e. The quantitative estimate of drug-likeness (QED) is 0.349. The van der Waals surface area contributed by atoms with Crippen LogP contribution in [0.4, 0.5) is 14.6 Å². The molecule has 3 heterocycles. The molecule has 0 amide bonds. The van der Waals surface area contributed by atoms with Gasteiger partial charge in [0.15, 0.2) is 23.1 Å². The Kier molecular flexibility index (Phi) is 4.23. The van der Waals surface area contributed by atoms with E-state index in [0.717, 1.165) is 28.0 Å². The molecule has 0 spiro atoms. The molecule has 9 nitrogen and oxygen atoms in total. The molecule has 3 unspecified atom stereocenters. The number of aliphatic carboxylic acids is 1. The fourth-order valence-corrected chi connectivity index (χ4v) is 5.87. The summed E-state index contributed by atoms with van der Waals surface area (Å²) in [4.78, 5) is 24.2. The first-order valence-corrected chi connectivity index (χ1v) is 13.0. The van der Waals surface area contributed by atoms with Crippen molar-refractivity contribution in [1.82, 2.24) is 18.9 Å². The van der Waals surface area contributed by atoms with Crippen LogP contribution in [-0.2, 0) is 14.8 Å². The SMILES string of the molecule is [2H]C1C([2H])[C@]2([2H])[C@H](Nc3nc(-c4cn(S(=O)(=O)c5ccc(C)cc5)c5ncc(F)cc45)ncc3F)[C@@H](C(=O)O)C1([2H])C([2H])([2H])C2([2H])[2H]. The van der Waals surface area contributed by atoms with Crippen LogP contribution in [0.1, 0.15) is 42.1 Å². The van der Waals surface area contributed by atoms with E-state index in [4.69, 9.17) is 11.0 Å². The molecule has 2 N–H and O–H groups in total. The Morgan fingerprint density at radius 1 is 1.15 bits per heavy atom. The van der Waals surface area contributed by atoms with Crippen molar-refractivity contribution in [1.29, 1.82) is 0 Å². The molecule has 12 heteroatoms. The molecular weight excluding hydrogens is 528 g/mol. The number of carboxylic acid groups (broad SMARTS) is 1. The van der Waals surface area contributed by atoms with Crippen molar-refractivity contribution in [3.63, 3.8) is 0 Å². The molecule has 3 aromatic heterocycles. The predicted molar refractivity (Wildman–Crippen MR) is 138 cm³/mol. The number of pyridine rings is 1.